The van der Waals surface area contributed by atoms with Gasteiger partial charge < -0.3 is 14.2 Å². The van der Waals surface area contributed by atoms with Crippen LogP contribution in [0.1, 0.15) is 11.1 Å². The molecule has 4 rings (SSSR count). The van der Waals surface area contributed by atoms with Crippen molar-refractivity contribution in [3.63, 3.8) is 0 Å². The second kappa shape index (κ2) is 7.31. The first kappa shape index (κ1) is 16.2. The van der Waals surface area contributed by atoms with Crippen LogP contribution >= 0.6 is 0 Å². The molecule has 130 valence electrons. The van der Waals surface area contributed by atoms with E-state index in [1.165, 1.54) is 0 Å². The van der Waals surface area contributed by atoms with Crippen LogP contribution < -0.4 is 14.2 Å². The molecular weight excluding hydrogens is 328 g/mol. The van der Waals surface area contributed by atoms with Crippen molar-refractivity contribution in [2.45, 2.75) is 12.5 Å². The highest BCUT2D eigenvalue weighted by Crippen LogP contribution is 2.31. The summed E-state index contributed by atoms with van der Waals surface area (Å²) >= 11 is 0. The normalized spacial score (nSPS) is 15.3. The van der Waals surface area contributed by atoms with Gasteiger partial charge in [0, 0.05) is 6.42 Å². The van der Waals surface area contributed by atoms with E-state index >= 15 is 0 Å². The number of fused-ring (bicyclic) bond motifs is 1. The standard InChI is InChI=1S/C22H18O4/c23-22(21-15-24-19-12-6-7-13-20(19)25-21)26-18-11-5-4-10-17(18)14-16-8-2-1-3-9-16/h1-13,21H,14-15H2/t21-/m0/s1. The van der Waals surface area contributed by atoms with Gasteiger partial charge in [-0.15, -0.1) is 0 Å². The highest BCUT2D eigenvalue weighted by Gasteiger charge is 2.29. The highest BCUT2D eigenvalue weighted by atomic mass is 16.6. The summed E-state index contributed by atoms with van der Waals surface area (Å²) in [7, 11) is 0. The van der Waals surface area contributed by atoms with Gasteiger partial charge in [0.15, 0.2) is 11.5 Å². The first-order valence-corrected chi connectivity index (χ1v) is 8.51. The largest absolute Gasteiger partial charge is 0.485 e. The zero-order chi connectivity index (χ0) is 17.8. The molecule has 0 bridgehead atoms. The molecule has 1 heterocycles. The van der Waals surface area contributed by atoms with Crippen LogP contribution in [0.2, 0.25) is 0 Å². The number of esters is 1. The van der Waals surface area contributed by atoms with Crippen LogP contribution in [-0.4, -0.2) is 18.7 Å². The van der Waals surface area contributed by atoms with Crippen LogP contribution in [0, 0.1) is 0 Å². The van der Waals surface area contributed by atoms with Gasteiger partial charge in [-0.3, -0.25) is 0 Å². The van der Waals surface area contributed by atoms with E-state index in [4.69, 9.17) is 14.2 Å². The smallest absolute Gasteiger partial charge is 0.356 e. The maximum Gasteiger partial charge on any atom is 0.356 e. The van der Waals surface area contributed by atoms with Gasteiger partial charge in [0.25, 0.3) is 0 Å². The number of carbonyl (C=O) groups excluding carboxylic acids is 1. The van der Waals surface area contributed by atoms with Crippen molar-refractivity contribution < 1.29 is 19.0 Å². The minimum Gasteiger partial charge on any atom is -0.485 e. The molecule has 4 nitrogen and oxygen atoms in total. The fourth-order valence-corrected chi connectivity index (χ4v) is 2.87. The molecule has 1 aliphatic heterocycles. The molecule has 0 amide bonds. The zero-order valence-corrected chi connectivity index (χ0v) is 14.1. The number of hydrogen-bond donors (Lipinski definition) is 0. The number of hydrogen-bond acceptors (Lipinski definition) is 4. The fourth-order valence-electron chi connectivity index (χ4n) is 2.87. The molecule has 0 N–H and O–H groups in total. The molecule has 0 radical (unpaired) electrons. The van der Waals surface area contributed by atoms with E-state index in [-0.39, 0.29) is 6.61 Å². The Bertz CT molecular complexity index is 905. The predicted molar refractivity (Wildman–Crippen MR) is 97.7 cm³/mol. The highest BCUT2D eigenvalue weighted by molar-refractivity contribution is 5.78. The lowest BCUT2D eigenvalue weighted by molar-refractivity contribution is -0.144. The van der Waals surface area contributed by atoms with Crippen molar-refractivity contribution in [2.75, 3.05) is 6.61 Å². The van der Waals surface area contributed by atoms with Gasteiger partial charge in [-0.2, -0.15) is 0 Å². The SMILES string of the molecule is O=C(Oc1ccccc1Cc1ccccc1)[C@@H]1COc2ccccc2O1. The van der Waals surface area contributed by atoms with Crippen molar-refractivity contribution in [3.8, 4) is 17.2 Å². The molecular formula is C22H18O4. The van der Waals surface area contributed by atoms with E-state index in [9.17, 15) is 4.79 Å². The lowest BCUT2D eigenvalue weighted by Crippen LogP contribution is -2.39. The summed E-state index contributed by atoms with van der Waals surface area (Å²) in [5.41, 5.74) is 2.10. The quantitative estimate of drug-likeness (QED) is 0.529. The molecule has 0 spiro atoms. The van der Waals surface area contributed by atoms with Crippen LogP contribution in [0.25, 0.3) is 0 Å². The van der Waals surface area contributed by atoms with Gasteiger partial charge in [0.2, 0.25) is 6.10 Å². The average molecular weight is 346 g/mol. The summed E-state index contributed by atoms with van der Waals surface area (Å²) in [5.74, 6) is 1.28. The topological polar surface area (TPSA) is 44.8 Å². The Hall–Kier alpha value is -3.27. The monoisotopic (exact) mass is 346 g/mol. The van der Waals surface area contributed by atoms with Crippen molar-refractivity contribution in [1.29, 1.82) is 0 Å². The van der Waals surface area contributed by atoms with Crippen LogP contribution in [0.15, 0.2) is 78.9 Å². The van der Waals surface area contributed by atoms with Crippen LogP contribution in [-0.2, 0) is 11.2 Å². The molecule has 0 saturated heterocycles. The van der Waals surface area contributed by atoms with Gasteiger partial charge in [-0.25, -0.2) is 4.79 Å². The number of rotatable bonds is 4. The van der Waals surface area contributed by atoms with Crippen LogP contribution in [0.5, 0.6) is 17.2 Å². The van der Waals surface area contributed by atoms with Crippen LogP contribution in [0.4, 0.5) is 0 Å². The van der Waals surface area contributed by atoms with Crippen molar-refractivity contribution in [1.82, 2.24) is 0 Å². The van der Waals surface area contributed by atoms with Gasteiger partial charge in [0.05, 0.1) is 0 Å². The average Bonchev–Trinajstić information content (AvgIpc) is 2.70. The molecule has 3 aromatic carbocycles. The lowest BCUT2D eigenvalue weighted by Gasteiger charge is -2.25. The molecule has 26 heavy (non-hydrogen) atoms. The third kappa shape index (κ3) is 3.54. The molecule has 4 heteroatoms. The van der Waals surface area contributed by atoms with Crippen molar-refractivity contribution in [2.24, 2.45) is 0 Å². The van der Waals surface area contributed by atoms with Crippen molar-refractivity contribution in [3.05, 3.63) is 90.0 Å². The van der Waals surface area contributed by atoms with Gasteiger partial charge in [-0.05, 0) is 29.3 Å². The summed E-state index contributed by atoms with van der Waals surface area (Å²) in [4.78, 5) is 12.6. The summed E-state index contributed by atoms with van der Waals surface area (Å²) in [6, 6.07) is 24.9. The Labute approximate surface area is 152 Å². The first-order valence-electron chi connectivity index (χ1n) is 8.51. The van der Waals surface area contributed by atoms with E-state index in [0.29, 0.717) is 23.7 Å². The Morgan fingerprint density at radius 3 is 2.42 bits per heavy atom. The maximum atomic E-state index is 12.6. The number of para-hydroxylation sites is 3. The Morgan fingerprint density at radius 2 is 1.58 bits per heavy atom. The third-order valence-electron chi connectivity index (χ3n) is 4.19. The number of carbonyl (C=O) groups is 1. The molecule has 0 aromatic heterocycles. The van der Waals surface area contributed by atoms with E-state index in [1.54, 1.807) is 12.1 Å². The second-order valence-electron chi connectivity index (χ2n) is 6.06. The van der Waals surface area contributed by atoms with E-state index in [2.05, 4.69) is 0 Å². The summed E-state index contributed by atoms with van der Waals surface area (Å²) in [6.07, 6.45) is -0.0931. The zero-order valence-electron chi connectivity index (χ0n) is 14.1. The Balaban J connectivity index is 1.48. The molecule has 0 aliphatic carbocycles. The first-order chi connectivity index (χ1) is 12.8. The molecule has 3 aromatic rings. The third-order valence-corrected chi connectivity index (χ3v) is 4.19. The van der Waals surface area contributed by atoms with Crippen LogP contribution in [0.3, 0.4) is 0 Å². The summed E-state index contributed by atoms with van der Waals surface area (Å²) in [5, 5.41) is 0. The Morgan fingerprint density at radius 1 is 0.885 bits per heavy atom. The number of ether oxygens (including phenoxy) is 3. The second-order valence-corrected chi connectivity index (χ2v) is 6.06. The predicted octanol–water partition coefficient (Wildman–Crippen LogP) is 4.02. The minimum atomic E-state index is -0.783. The Kier molecular flexibility index (Phi) is 4.56. The van der Waals surface area contributed by atoms with E-state index in [0.717, 1.165) is 11.1 Å². The lowest BCUT2D eigenvalue weighted by atomic mass is 10.0. The molecule has 1 aliphatic rings. The minimum absolute atomic E-state index is 0.136. The van der Waals surface area contributed by atoms with E-state index < -0.39 is 12.1 Å². The molecule has 0 fully saturated rings. The fraction of sp³-hybridized carbons (Fsp3) is 0.136. The molecule has 0 saturated carbocycles. The van der Waals surface area contributed by atoms with Crippen molar-refractivity contribution >= 4 is 5.97 Å². The number of benzene rings is 3. The van der Waals surface area contributed by atoms with Gasteiger partial charge in [-0.1, -0.05) is 60.7 Å². The summed E-state index contributed by atoms with van der Waals surface area (Å²) < 4.78 is 16.9. The summed E-state index contributed by atoms with van der Waals surface area (Å²) in [6.45, 7) is 0.136. The molecule has 0 unspecified atom stereocenters. The maximum absolute atomic E-state index is 12.6. The van der Waals surface area contributed by atoms with Gasteiger partial charge >= 0.3 is 5.97 Å². The van der Waals surface area contributed by atoms with E-state index in [1.807, 2.05) is 66.7 Å². The van der Waals surface area contributed by atoms with Gasteiger partial charge in [0.1, 0.15) is 12.4 Å². The molecule has 1 atom stereocenters.